The summed E-state index contributed by atoms with van der Waals surface area (Å²) in [7, 11) is 0. The summed E-state index contributed by atoms with van der Waals surface area (Å²) in [5.41, 5.74) is 0. The molecule has 0 aliphatic carbocycles. The van der Waals surface area contributed by atoms with E-state index in [0.717, 1.165) is 0 Å². The van der Waals surface area contributed by atoms with Crippen LogP contribution in [0.15, 0.2) is 35.5 Å². The third-order valence-electron chi connectivity index (χ3n) is 2.02. The van der Waals surface area contributed by atoms with E-state index in [0.29, 0.717) is 12.2 Å². The molecule has 82 valence electrons. The Morgan fingerprint density at radius 2 is 2.53 bits per heavy atom. The molecule has 4 heteroatoms. The lowest BCUT2D eigenvalue weighted by Crippen LogP contribution is -2.32. The first kappa shape index (κ1) is 11.5. The van der Waals surface area contributed by atoms with Gasteiger partial charge in [-0.05, 0) is 25.1 Å². The summed E-state index contributed by atoms with van der Waals surface area (Å²) in [5.74, 6) is 0.267. The SMILES string of the molecule is C=CC(=O)N[C@H](C)C[C@H](O)c1ccco1. The molecule has 0 saturated carbocycles. The van der Waals surface area contributed by atoms with E-state index in [9.17, 15) is 9.90 Å². The maximum absolute atomic E-state index is 11.0. The summed E-state index contributed by atoms with van der Waals surface area (Å²) >= 11 is 0. The summed E-state index contributed by atoms with van der Waals surface area (Å²) in [4.78, 5) is 11.0. The minimum absolute atomic E-state index is 0.129. The van der Waals surface area contributed by atoms with Crippen LogP contribution in [0, 0.1) is 0 Å². The third kappa shape index (κ3) is 3.59. The fourth-order valence-corrected chi connectivity index (χ4v) is 1.29. The van der Waals surface area contributed by atoms with E-state index in [1.54, 1.807) is 12.1 Å². The van der Waals surface area contributed by atoms with E-state index < -0.39 is 6.10 Å². The Hall–Kier alpha value is -1.55. The second-order valence-electron chi connectivity index (χ2n) is 3.38. The second-order valence-corrected chi connectivity index (χ2v) is 3.38. The van der Waals surface area contributed by atoms with Crippen molar-refractivity contribution in [1.82, 2.24) is 5.32 Å². The van der Waals surface area contributed by atoms with E-state index in [-0.39, 0.29) is 11.9 Å². The number of rotatable bonds is 5. The number of amides is 1. The van der Waals surface area contributed by atoms with E-state index >= 15 is 0 Å². The van der Waals surface area contributed by atoms with Crippen molar-refractivity contribution in [3.8, 4) is 0 Å². The molecule has 15 heavy (non-hydrogen) atoms. The molecule has 4 nitrogen and oxygen atoms in total. The normalized spacial score (nSPS) is 14.3. The minimum Gasteiger partial charge on any atom is -0.467 e. The molecule has 0 bridgehead atoms. The Morgan fingerprint density at radius 1 is 1.80 bits per heavy atom. The van der Waals surface area contributed by atoms with E-state index in [1.807, 2.05) is 6.92 Å². The average Bonchev–Trinajstić information content (AvgIpc) is 2.70. The predicted octanol–water partition coefficient (Wildman–Crippen LogP) is 1.39. The average molecular weight is 209 g/mol. The lowest BCUT2D eigenvalue weighted by atomic mass is 10.1. The molecule has 0 unspecified atom stereocenters. The zero-order valence-corrected chi connectivity index (χ0v) is 8.64. The standard InChI is InChI=1S/C11H15NO3/c1-3-11(14)12-8(2)7-9(13)10-5-4-6-15-10/h3-6,8-9,13H,1,7H2,2H3,(H,12,14)/t8-,9+/m1/s1. The highest BCUT2D eigenvalue weighted by molar-refractivity contribution is 5.87. The van der Waals surface area contributed by atoms with Crippen molar-refractivity contribution in [3.63, 3.8) is 0 Å². The predicted molar refractivity (Wildman–Crippen MR) is 56.1 cm³/mol. The lowest BCUT2D eigenvalue weighted by molar-refractivity contribution is -0.117. The van der Waals surface area contributed by atoms with Crippen LogP contribution in [0.25, 0.3) is 0 Å². The van der Waals surface area contributed by atoms with Crippen molar-refractivity contribution in [3.05, 3.63) is 36.8 Å². The van der Waals surface area contributed by atoms with Crippen LogP contribution in [0.1, 0.15) is 25.2 Å². The molecule has 1 aromatic heterocycles. The summed E-state index contributed by atoms with van der Waals surface area (Å²) in [6, 6.07) is 3.29. The topological polar surface area (TPSA) is 62.5 Å². The van der Waals surface area contributed by atoms with Crippen LogP contribution in [0.4, 0.5) is 0 Å². The molecule has 0 saturated heterocycles. The van der Waals surface area contributed by atoms with Crippen LogP contribution in [0.5, 0.6) is 0 Å². The molecule has 0 aliphatic heterocycles. The van der Waals surface area contributed by atoms with Crippen molar-refractivity contribution < 1.29 is 14.3 Å². The van der Waals surface area contributed by atoms with Gasteiger partial charge in [0.1, 0.15) is 11.9 Å². The van der Waals surface area contributed by atoms with Crippen molar-refractivity contribution in [2.24, 2.45) is 0 Å². The molecule has 2 atom stereocenters. The Morgan fingerprint density at radius 3 is 3.07 bits per heavy atom. The van der Waals surface area contributed by atoms with Crippen LogP contribution in [0.3, 0.4) is 0 Å². The lowest BCUT2D eigenvalue weighted by Gasteiger charge is -2.15. The first-order chi connectivity index (χ1) is 7.13. The van der Waals surface area contributed by atoms with Gasteiger partial charge >= 0.3 is 0 Å². The van der Waals surface area contributed by atoms with Gasteiger partial charge in [0.25, 0.3) is 0 Å². The summed E-state index contributed by atoms with van der Waals surface area (Å²) in [6.07, 6.45) is 2.43. The largest absolute Gasteiger partial charge is 0.467 e. The van der Waals surface area contributed by atoms with Crippen LogP contribution >= 0.6 is 0 Å². The van der Waals surface area contributed by atoms with Crippen molar-refractivity contribution in [1.29, 1.82) is 0 Å². The number of aliphatic hydroxyl groups excluding tert-OH is 1. The van der Waals surface area contributed by atoms with Crippen LogP contribution in [-0.2, 0) is 4.79 Å². The molecule has 1 rings (SSSR count). The zero-order valence-electron chi connectivity index (χ0n) is 8.64. The van der Waals surface area contributed by atoms with E-state index in [4.69, 9.17) is 4.42 Å². The smallest absolute Gasteiger partial charge is 0.243 e. The number of hydrogen-bond donors (Lipinski definition) is 2. The molecule has 0 aromatic carbocycles. The van der Waals surface area contributed by atoms with Crippen molar-refractivity contribution in [2.45, 2.75) is 25.5 Å². The summed E-state index contributed by atoms with van der Waals surface area (Å²) in [6.45, 7) is 5.16. The molecular weight excluding hydrogens is 194 g/mol. The number of carbonyl (C=O) groups excluding carboxylic acids is 1. The number of carbonyl (C=O) groups is 1. The summed E-state index contributed by atoms with van der Waals surface area (Å²) in [5, 5.41) is 12.4. The van der Waals surface area contributed by atoms with Gasteiger partial charge in [-0.15, -0.1) is 0 Å². The van der Waals surface area contributed by atoms with Gasteiger partial charge in [0.2, 0.25) is 5.91 Å². The third-order valence-corrected chi connectivity index (χ3v) is 2.02. The van der Waals surface area contributed by atoms with Gasteiger partial charge in [-0.3, -0.25) is 4.79 Å². The minimum atomic E-state index is -0.694. The van der Waals surface area contributed by atoms with Gasteiger partial charge in [0, 0.05) is 12.5 Å². The molecule has 1 aromatic rings. The maximum Gasteiger partial charge on any atom is 0.243 e. The number of aliphatic hydroxyl groups is 1. The number of furan rings is 1. The van der Waals surface area contributed by atoms with Crippen LogP contribution in [0.2, 0.25) is 0 Å². The Bertz CT molecular complexity index is 319. The molecule has 1 heterocycles. The van der Waals surface area contributed by atoms with Crippen LogP contribution < -0.4 is 5.32 Å². The number of hydrogen-bond acceptors (Lipinski definition) is 3. The first-order valence-corrected chi connectivity index (χ1v) is 4.78. The molecule has 0 aliphatic rings. The zero-order chi connectivity index (χ0) is 11.3. The van der Waals surface area contributed by atoms with Crippen LogP contribution in [-0.4, -0.2) is 17.1 Å². The second kappa shape index (κ2) is 5.36. The molecule has 0 fully saturated rings. The summed E-state index contributed by atoms with van der Waals surface area (Å²) < 4.78 is 5.04. The molecule has 2 N–H and O–H groups in total. The van der Waals surface area contributed by atoms with E-state index in [2.05, 4.69) is 11.9 Å². The number of nitrogens with one attached hydrogen (secondary N) is 1. The fourth-order valence-electron chi connectivity index (χ4n) is 1.29. The Labute approximate surface area is 88.6 Å². The molecule has 0 radical (unpaired) electrons. The van der Waals surface area contributed by atoms with Gasteiger partial charge in [0.15, 0.2) is 0 Å². The van der Waals surface area contributed by atoms with Crippen molar-refractivity contribution in [2.75, 3.05) is 0 Å². The highest BCUT2D eigenvalue weighted by Crippen LogP contribution is 2.18. The van der Waals surface area contributed by atoms with E-state index in [1.165, 1.54) is 12.3 Å². The van der Waals surface area contributed by atoms with Gasteiger partial charge in [-0.25, -0.2) is 0 Å². The molecule has 0 spiro atoms. The first-order valence-electron chi connectivity index (χ1n) is 4.78. The Kier molecular flexibility index (Phi) is 4.12. The highest BCUT2D eigenvalue weighted by atomic mass is 16.4. The van der Waals surface area contributed by atoms with Gasteiger partial charge in [0.05, 0.1) is 6.26 Å². The maximum atomic E-state index is 11.0. The van der Waals surface area contributed by atoms with Gasteiger partial charge < -0.3 is 14.8 Å². The van der Waals surface area contributed by atoms with Crippen molar-refractivity contribution >= 4 is 5.91 Å². The quantitative estimate of drug-likeness (QED) is 0.720. The molecular formula is C11H15NO3. The van der Waals surface area contributed by atoms with Gasteiger partial charge in [-0.2, -0.15) is 0 Å². The van der Waals surface area contributed by atoms with Gasteiger partial charge in [-0.1, -0.05) is 6.58 Å². The monoisotopic (exact) mass is 209 g/mol. The highest BCUT2D eigenvalue weighted by Gasteiger charge is 2.15. The fraction of sp³-hybridized carbons (Fsp3) is 0.364. The Balaban J connectivity index is 2.41. The molecule has 1 amide bonds.